The molecule has 0 aliphatic heterocycles. The summed E-state index contributed by atoms with van der Waals surface area (Å²) in [6, 6.07) is 4.18. The van der Waals surface area contributed by atoms with Crippen molar-refractivity contribution in [2.75, 3.05) is 0 Å². The van der Waals surface area contributed by atoms with Crippen molar-refractivity contribution < 1.29 is 0 Å². The lowest BCUT2D eigenvalue weighted by molar-refractivity contribution is 0.394. The summed E-state index contributed by atoms with van der Waals surface area (Å²) in [5.41, 5.74) is 1.35. The fourth-order valence-corrected chi connectivity index (χ4v) is 2.19. The van der Waals surface area contributed by atoms with Crippen molar-refractivity contribution in [3.05, 3.63) is 36.5 Å². The van der Waals surface area contributed by atoms with Gasteiger partial charge in [0, 0.05) is 12.4 Å². The minimum absolute atomic E-state index is 0.865. The Kier molecular flexibility index (Phi) is 3.56. The van der Waals surface area contributed by atoms with Crippen molar-refractivity contribution in [2.45, 2.75) is 38.5 Å². The molecule has 14 heavy (non-hydrogen) atoms. The minimum atomic E-state index is 0.865. The number of rotatable bonds is 3. The molecule has 75 valence electrons. The fourth-order valence-electron chi connectivity index (χ4n) is 2.19. The van der Waals surface area contributed by atoms with Gasteiger partial charge in [-0.3, -0.25) is 4.98 Å². The van der Waals surface area contributed by atoms with E-state index in [2.05, 4.69) is 17.5 Å². The second-order valence-corrected chi connectivity index (χ2v) is 4.20. The average Bonchev–Trinajstić information content (AvgIpc) is 2.29. The van der Waals surface area contributed by atoms with E-state index in [9.17, 15) is 0 Å². The normalized spacial score (nSPS) is 18.3. The van der Waals surface area contributed by atoms with E-state index in [4.69, 9.17) is 0 Å². The minimum Gasteiger partial charge on any atom is -0.264 e. The van der Waals surface area contributed by atoms with E-state index in [1.165, 1.54) is 37.7 Å². The predicted molar refractivity (Wildman–Crippen MR) is 58.8 cm³/mol. The SMILES string of the molecule is [CH](Cc1cccnc1)C1CCCCC1. The summed E-state index contributed by atoms with van der Waals surface area (Å²) >= 11 is 0. The molecule has 0 spiro atoms. The molecule has 1 saturated carbocycles. The van der Waals surface area contributed by atoms with Crippen molar-refractivity contribution in [1.29, 1.82) is 0 Å². The van der Waals surface area contributed by atoms with Crippen molar-refractivity contribution >= 4 is 0 Å². The number of hydrogen-bond donors (Lipinski definition) is 0. The van der Waals surface area contributed by atoms with Crippen LogP contribution in [0.3, 0.4) is 0 Å². The molecule has 0 unspecified atom stereocenters. The highest BCUT2D eigenvalue weighted by Gasteiger charge is 2.12. The van der Waals surface area contributed by atoms with E-state index in [0.717, 1.165) is 12.3 Å². The van der Waals surface area contributed by atoms with E-state index in [0.29, 0.717) is 0 Å². The maximum atomic E-state index is 4.13. The van der Waals surface area contributed by atoms with Gasteiger partial charge < -0.3 is 0 Å². The molecule has 1 fully saturated rings. The van der Waals surface area contributed by atoms with Crippen LogP contribution in [0.25, 0.3) is 0 Å². The van der Waals surface area contributed by atoms with E-state index < -0.39 is 0 Å². The molecule has 0 aromatic carbocycles. The molecule has 1 aliphatic rings. The van der Waals surface area contributed by atoms with E-state index in [1.54, 1.807) is 0 Å². The number of aromatic nitrogens is 1. The van der Waals surface area contributed by atoms with Crippen molar-refractivity contribution in [2.24, 2.45) is 5.92 Å². The third-order valence-electron chi connectivity index (χ3n) is 3.06. The molecule has 0 N–H and O–H groups in total. The second-order valence-electron chi connectivity index (χ2n) is 4.20. The summed E-state index contributed by atoms with van der Waals surface area (Å²) in [4.78, 5) is 4.13. The van der Waals surface area contributed by atoms with Crippen molar-refractivity contribution in [3.8, 4) is 0 Å². The van der Waals surface area contributed by atoms with E-state index in [1.807, 2.05) is 18.5 Å². The molecule has 0 bridgehead atoms. The molecule has 2 rings (SSSR count). The quantitative estimate of drug-likeness (QED) is 0.708. The van der Waals surface area contributed by atoms with Crippen LogP contribution >= 0.6 is 0 Å². The van der Waals surface area contributed by atoms with Crippen LogP contribution in [0.1, 0.15) is 37.7 Å². The maximum absolute atomic E-state index is 4.13. The monoisotopic (exact) mass is 188 g/mol. The Morgan fingerprint density at radius 1 is 1.29 bits per heavy atom. The van der Waals surface area contributed by atoms with Crippen LogP contribution in [0.4, 0.5) is 0 Å². The molecule has 0 amide bonds. The first-order chi connectivity index (χ1) is 6.95. The van der Waals surface area contributed by atoms with Crippen LogP contribution < -0.4 is 0 Å². The third-order valence-corrected chi connectivity index (χ3v) is 3.06. The van der Waals surface area contributed by atoms with Gasteiger partial charge in [0.05, 0.1) is 0 Å². The topological polar surface area (TPSA) is 12.9 Å². The standard InChI is InChI=1S/C13H18N/c1-2-5-12(6-3-1)8-9-13-7-4-10-14-11-13/h4,7-8,10-12H,1-3,5-6,9H2. The van der Waals surface area contributed by atoms with Gasteiger partial charge in [-0.05, 0) is 30.4 Å². The van der Waals surface area contributed by atoms with Crippen molar-refractivity contribution in [3.63, 3.8) is 0 Å². The molecule has 1 heteroatoms. The Morgan fingerprint density at radius 2 is 2.14 bits per heavy atom. The van der Waals surface area contributed by atoms with Gasteiger partial charge in [-0.1, -0.05) is 38.2 Å². The molecule has 0 atom stereocenters. The molecule has 1 nitrogen and oxygen atoms in total. The molecule has 1 aliphatic carbocycles. The molecule has 1 aromatic heterocycles. The zero-order valence-electron chi connectivity index (χ0n) is 8.65. The van der Waals surface area contributed by atoms with Gasteiger partial charge in [0.2, 0.25) is 0 Å². The zero-order chi connectivity index (χ0) is 9.64. The second kappa shape index (κ2) is 5.14. The van der Waals surface area contributed by atoms with Gasteiger partial charge >= 0.3 is 0 Å². The lowest BCUT2D eigenvalue weighted by Gasteiger charge is -2.20. The van der Waals surface area contributed by atoms with Gasteiger partial charge in [-0.2, -0.15) is 0 Å². The lowest BCUT2D eigenvalue weighted by atomic mass is 9.85. The van der Waals surface area contributed by atoms with E-state index in [-0.39, 0.29) is 0 Å². The smallest absolute Gasteiger partial charge is 0.0299 e. The molecule has 1 heterocycles. The highest BCUT2D eigenvalue weighted by Crippen LogP contribution is 2.26. The fraction of sp³-hybridized carbons (Fsp3) is 0.538. The number of nitrogens with zero attached hydrogens (tertiary/aromatic N) is 1. The Bertz CT molecular complexity index is 249. The highest BCUT2D eigenvalue weighted by molar-refractivity contribution is 5.11. The summed E-state index contributed by atoms with van der Waals surface area (Å²) in [6.07, 6.45) is 14.5. The average molecular weight is 188 g/mol. The first-order valence-electron chi connectivity index (χ1n) is 5.67. The van der Waals surface area contributed by atoms with Crippen molar-refractivity contribution in [1.82, 2.24) is 4.98 Å². The summed E-state index contributed by atoms with van der Waals surface area (Å²) in [5, 5.41) is 0. The van der Waals surface area contributed by atoms with Crippen LogP contribution in [-0.2, 0) is 6.42 Å². The van der Waals surface area contributed by atoms with Crippen LogP contribution in [0.2, 0.25) is 0 Å². The van der Waals surface area contributed by atoms with E-state index >= 15 is 0 Å². The van der Waals surface area contributed by atoms with Gasteiger partial charge in [0.15, 0.2) is 0 Å². The third kappa shape index (κ3) is 2.83. The predicted octanol–water partition coefficient (Wildman–Crippen LogP) is 3.41. The Labute approximate surface area is 86.6 Å². The molecule has 1 radical (unpaired) electrons. The molecular weight excluding hydrogens is 170 g/mol. The molecular formula is C13H18N. The first-order valence-corrected chi connectivity index (χ1v) is 5.67. The van der Waals surface area contributed by atoms with Crippen LogP contribution in [0.15, 0.2) is 24.5 Å². The Morgan fingerprint density at radius 3 is 2.86 bits per heavy atom. The number of hydrogen-bond acceptors (Lipinski definition) is 1. The van der Waals surface area contributed by atoms with Gasteiger partial charge in [-0.15, -0.1) is 0 Å². The highest BCUT2D eigenvalue weighted by atomic mass is 14.6. The number of pyridine rings is 1. The lowest BCUT2D eigenvalue weighted by Crippen LogP contribution is -2.08. The van der Waals surface area contributed by atoms with Crippen LogP contribution in [0.5, 0.6) is 0 Å². The first kappa shape index (κ1) is 9.70. The zero-order valence-corrected chi connectivity index (χ0v) is 8.65. The summed E-state index contributed by atoms with van der Waals surface area (Å²) < 4.78 is 0. The van der Waals surface area contributed by atoms with Crippen LogP contribution in [-0.4, -0.2) is 4.98 Å². The van der Waals surface area contributed by atoms with Crippen LogP contribution in [0, 0.1) is 12.3 Å². The Hall–Kier alpha value is -0.850. The summed E-state index contributed by atoms with van der Waals surface area (Å²) in [6.45, 7) is 0. The summed E-state index contributed by atoms with van der Waals surface area (Å²) in [5.74, 6) is 0.865. The van der Waals surface area contributed by atoms with Gasteiger partial charge in [-0.25, -0.2) is 0 Å². The Balaban J connectivity index is 1.76. The largest absolute Gasteiger partial charge is 0.264 e. The maximum Gasteiger partial charge on any atom is 0.0299 e. The summed E-state index contributed by atoms with van der Waals surface area (Å²) in [7, 11) is 0. The molecule has 1 aromatic rings. The van der Waals surface area contributed by atoms with Gasteiger partial charge in [0.25, 0.3) is 0 Å². The van der Waals surface area contributed by atoms with Gasteiger partial charge in [0.1, 0.15) is 0 Å². The molecule has 0 saturated heterocycles.